The van der Waals surface area contributed by atoms with Crippen molar-refractivity contribution in [1.29, 1.82) is 0 Å². The molecule has 2 aliphatic rings. The Morgan fingerprint density at radius 2 is 2.03 bits per heavy atom. The van der Waals surface area contributed by atoms with E-state index in [1.165, 1.54) is 29.8 Å². The third kappa shape index (κ3) is 5.91. The summed E-state index contributed by atoms with van der Waals surface area (Å²) < 4.78 is 25.8. The molecule has 1 saturated carbocycles. The van der Waals surface area contributed by atoms with E-state index in [4.69, 9.17) is 9.47 Å². The van der Waals surface area contributed by atoms with E-state index in [1.807, 2.05) is 0 Å². The van der Waals surface area contributed by atoms with Gasteiger partial charge in [0.25, 0.3) is 5.91 Å². The van der Waals surface area contributed by atoms with Crippen molar-refractivity contribution in [2.75, 3.05) is 32.1 Å². The number of aromatic nitrogens is 3. The van der Waals surface area contributed by atoms with Gasteiger partial charge in [-0.05, 0) is 63.2 Å². The number of nitrogens with zero attached hydrogens (tertiary/aromatic N) is 3. The van der Waals surface area contributed by atoms with Gasteiger partial charge in [0.1, 0.15) is 34.3 Å². The fourth-order valence-electron chi connectivity index (χ4n) is 4.77. The van der Waals surface area contributed by atoms with Crippen molar-refractivity contribution in [3.8, 4) is 5.75 Å². The zero-order valence-electron chi connectivity index (χ0n) is 20.3. The highest BCUT2D eigenvalue weighted by molar-refractivity contribution is 7.19. The molecular formula is C25H31FN6O3S. The molecule has 3 N–H and O–H groups in total. The number of halogens is 1. The summed E-state index contributed by atoms with van der Waals surface area (Å²) in [6.07, 6.45) is 7.24. The van der Waals surface area contributed by atoms with Crippen molar-refractivity contribution in [2.24, 2.45) is 5.92 Å². The first-order valence-electron chi connectivity index (χ1n) is 12.5. The van der Waals surface area contributed by atoms with Gasteiger partial charge in [0.2, 0.25) is 0 Å². The van der Waals surface area contributed by atoms with Gasteiger partial charge < -0.3 is 25.4 Å². The Morgan fingerprint density at radius 1 is 1.19 bits per heavy atom. The Kier molecular flexibility index (Phi) is 7.88. The number of anilines is 2. The lowest BCUT2D eigenvalue weighted by Gasteiger charge is -2.29. The first-order valence-corrected chi connectivity index (χ1v) is 13.3. The Bertz CT molecular complexity index is 1200. The number of fused-ring (bicyclic) bond motifs is 1. The number of rotatable bonds is 8. The van der Waals surface area contributed by atoms with Gasteiger partial charge in [-0.2, -0.15) is 0 Å². The SMILES string of the molecule is COC1CCC[C@H](Oc2cc(F)ccc2Nc2ncnc3sc(C(=O)NCC4CCNCC4)nc23)C1. The number of benzene rings is 1. The minimum Gasteiger partial charge on any atom is -0.488 e. The lowest BCUT2D eigenvalue weighted by atomic mass is 9.95. The zero-order valence-corrected chi connectivity index (χ0v) is 21.1. The molecule has 5 rings (SSSR count). The molecule has 192 valence electrons. The number of amides is 1. The molecule has 11 heteroatoms. The smallest absolute Gasteiger partial charge is 0.280 e. The summed E-state index contributed by atoms with van der Waals surface area (Å²) in [4.78, 5) is 26.5. The number of methoxy groups -OCH3 is 1. The Labute approximate surface area is 213 Å². The van der Waals surface area contributed by atoms with Crippen LogP contribution < -0.4 is 20.7 Å². The van der Waals surface area contributed by atoms with Gasteiger partial charge in [-0.15, -0.1) is 0 Å². The van der Waals surface area contributed by atoms with Crippen molar-refractivity contribution in [3.63, 3.8) is 0 Å². The van der Waals surface area contributed by atoms with Gasteiger partial charge in [0.15, 0.2) is 10.8 Å². The summed E-state index contributed by atoms with van der Waals surface area (Å²) in [6.45, 7) is 2.60. The molecule has 36 heavy (non-hydrogen) atoms. The van der Waals surface area contributed by atoms with E-state index in [1.54, 1.807) is 13.2 Å². The van der Waals surface area contributed by atoms with Crippen molar-refractivity contribution in [1.82, 2.24) is 25.6 Å². The number of thiazole rings is 1. The fourth-order valence-corrected chi connectivity index (χ4v) is 5.59. The monoisotopic (exact) mass is 514 g/mol. The third-order valence-electron chi connectivity index (χ3n) is 6.80. The van der Waals surface area contributed by atoms with Crippen LogP contribution in [0.2, 0.25) is 0 Å². The number of ether oxygens (including phenoxy) is 2. The van der Waals surface area contributed by atoms with Gasteiger partial charge in [-0.1, -0.05) is 11.3 Å². The Balaban J connectivity index is 1.32. The second-order valence-corrected chi connectivity index (χ2v) is 10.3. The molecule has 0 radical (unpaired) electrons. The van der Waals surface area contributed by atoms with Crippen molar-refractivity contribution in [3.05, 3.63) is 35.4 Å². The van der Waals surface area contributed by atoms with Gasteiger partial charge in [0, 0.05) is 26.1 Å². The first kappa shape index (κ1) is 24.8. The van der Waals surface area contributed by atoms with Gasteiger partial charge in [-0.25, -0.2) is 19.3 Å². The minimum absolute atomic E-state index is 0.0639. The first-order chi connectivity index (χ1) is 17.6. The van der Waals surface area contributed by atoms with Gasteiger partial charge in [-0.3, -0.25) is 4.79 Å². The number of carbonyl (C=O) groups excluding carboxylic acids is 1. The molecule has 3 aromatic rings. The molecule has 1 aliphatic carbocycles. The normalized spacial score (nSPS) is 20.8. The van der Waals surface area contributed by atoms with Gasteiger partial charge in [0.05, 0.1) is 11.8 Å². The van der Waals surface area contributed by atoms with E-state index >= 15 is 0 Å². The second kappa shape index (κ2) is 11.4. The molecule has 1 aromatic carbocycles. The Morgan fingerprint density at radius 3 is 2.86 bits per heavy atom. The summed E-state index contributed by atoms with van der Waals surface area (Å²) in [7, 11) is 1.71. The Hall–Kier alpha value is -2.89. The summed E-state index contributed by atoms with van der Waals surface area (Å²) in [5, 5.41) is 9.90. The predicted molar refractivity (Wildman–Crippen MR) is 137 cm³/mol. The number of carbonyl (C=O) groups is 1. The number of nitrogens with one attached hydrogen (secondary N) is 3. The summed E-state index contributed by atoms with van der Waals surface area (Å²) in [5.41, 5.74) is 1.06. The highest BCUT2D eigenvalue weighted by Gasteiger charge is 2.25. The van der Waals surface area contributed by atoms with Gasteiger partial charge >= 0.3 is 0 Å². The topological polar surface area (TPSA) is 110 Å². The number of hydrogen-bond acceptors (Lipinski definition) is 9. The van der Waals surface area contributed by atoms with Crippen LogP contribution in [0.3, 0.4) is 0 Å². The molecule has 0 spiro atoms. The van der Waals surface area contributed by atoms with E-state index in [0.29, 0.717) is 45.1 Å². The summed E-state index contributed by atoms with van der Waals surface area (Å²) in [5.74, 6) is 0.714. The van der Waals surface area contributed by atoms with Crippen molar-refractivity contribution in [2.45, 2.75) is 50.7 Å². The van der Waals surface area contributed by atoms with E-state index in [9.17, 15) is 9.18 Å². The standard InChI is InChI=1S/C25H31FN6O3S/c1-34-17-3-2-4-18(12-17)35-20-11-16(26)5-6-19(20)31-22-21-24(30-14-29-22)36-25(32-21)23(33)28-13-15-7-9-27-10-8-15/h5-6,11,14-15,17-18,27H,2-4,7-10,12-13H2,1H3,(H,28,33)(H,29,30,31)/t17?,18-/m0/s1. The van der Waals surface area contributed by atoms with Crippen LogP contribution in [-0.4, -0.2) is 59.8 Å². The highest BCUT2D eigenvalue weighted by Crippen LogP contribution is 2.34. The predicted octanol–water partition coefficient (Wildman–Crippen LogP) is 4.03. The molecule has 2 aromatic heterocycles. The maximum atomic E-state index is 14.1. The average Bonchev–Trinajstić information content (AvgIpc) is 3.35. The molecule has 1 aliphatic heterocycles. The van der Waals surface area contributed by atoms with Crippen LogP contribution >= 0.6 is 11.3 Å². The van der Waals surface area contributed by atoms with Crippen molar-refractivity contribution >= 4 is 39.1 Å². The van der Waals surface area contributed by atoms with Crippen molar-refractivity contribution < 1.29 is 18.7 Å². The number of hydrogen-bond donors (Lipinski definition) is 3. The summed E-state index contributed by atoms with van der Waals surface area (Å²) in [6, 6.07) is 4.36. The van der Waals surface area contributed by atoms with Crippen LogP contribution in [0.4, 0.5) is 15.9 Å². The molecule has 0 bridgehead atoms. The van der Waals surface area contributed by atoms with Crippen LogP contribution in [-0.2, 0) is 4.74 Å². The lowest BCUT2D eigenvalue weighted by molar-refractivity contribution is 0.0211. The number of piperidine rings is 1. The molecule has 1 unspecified atom stereocenters. The highest BCUT2D eigenvalue weighted by atomic mass is 32.1. The quantitative estimate of drug-likeness (QED) is 0.413. The molecule has 3 heterocycles. The molecule has 1 saturated heterocycles. The van der Waals surface area contributed by atoms with Crippen LogP contribution in [0.15, 0.2) is 24.5 Å². The third-order valence-corrected chi connectivity index (χ3v) is 7.76. The fraction of sp³-hybridized carbons (Fsp3) is 0.520. The molecule has 9 nitrogen and oxygen atoms in total. The van der Waals surface area contributed by atoms with Crippen LogP contribution in [0.1, 0.15) is 48.3 Å². The van der Waals surface area contributed by atoms with Crippen LogP contribution in [0.5, 0.6) is 5.75 Å². The largest absolute Gasteiger partial charge is 0.488 e. The maximum Gasteiger partial charge on any atom is 0.280 e. The molecule has 2 atom stereocenters. The molecule has 1 amide bonds. The minimum atomic E-state index is -0.385. The van der Waals surface area contributed by atoms with Crippen LogP contribution in [0.25, 0.3) is 10.3 Å². The van der Waals surface area contributed by atoms with E-state index in [-0.39, 0.29) is 23.9 Å². The second-order valence-electron chi connectivity index (χ2n) is 9.33. The van der Waals surface area contributed by atoms with Crippen LogP contribution in [0, 0.1) is 11.7 Å². The summed E-state index contributed by atoms with van der Waals surface area (Å²) >= 11 is 1.22. The van der Waals surface area contributed by atoms with E-state index in [0.717, 1.165) is 51.6 Å². The van der Waals surface area contributed by atoms with E-state index in [2.05, 4.69) is 30.9 Å². The van der Waals surface area contributed by atoms with E-state index < -0.39 is 0 Å². The molecule has 2 fully saturated rings. The lowest BCUT2D eigenvalue weighted by Crippen LogP contribution is -2.35. The maximum absolute atomic E-state index is 14.1. The average molecular weight is 515 g/mol. The zero-order chi connectivity index (χ0) is 24.9. The molecular weight excluding hydrogens is 483 g/mol.